The average Bonchev–Trinajstić information content (AvgIpc) is 3.20. The normalized spacial score (nSPS) is 16.5. The minimum absolute atomic E-state index is 0.0388. The molecule has 1 atom stereocenters. The summed E-state index contributed by atoms with van der Waals surface area (Å²) in [5, 5.41) is 0. The molecule has 168 valence electrons. The molecule has 2 aromatic carbocycles. The van der Waals surface area contributed by atoms with E-state index in [-0.39, 0.29) is 18.2 Å². The van der Waals surface area contributed by atoms with E-state index in [1.54, 1.807) is 6.92 Å². The second kappa shape index (κ2) is 9.80. The van der Waals surface area contributed by atoms with Crippen LogP contribution in [0.25, 0.3) is 0 Å². The fourth-order valence-corrected chi connectivity index (χ4v) is 3.95. The molecule has 0 radical (unpaired) electrons. The number of rotatable bonds is 7. The number of ether oxygens (including phenoxy) is 1. The predicted molar refractivity (Wildman–Crippen MR) is 114 cm³/mol. The summed E-state index contributed by atoms with van der Waals surface area (Å²) in [6.45, 7) is 4.58. The van der Waals surface area contributed by atoms with Gasteiger partial charge in [-0.05, 0) is 55.7 Å². The molecular weight excluding hydrogens is 432 g/mol. The van der Waals surface area contributed by atoms with Crippen molar-refractivity contribution in [3.8, 4) is 5.75 Å². The van der Waals surface area contributed by atoms with Crippen molar-refractivity contribution in [3.05, 3.63) is 58.9 Å². The van der Waals surface area contributed by atoms with Crippen LogP contribution in [-0.2, 0) is 6.18 Å². The Kier molecular flexibility index (Phi) is 7.35. The molecule has 1 heterocycles. The van der Waals surface area contributed by atoms with E-state index in [1.807, 2.05) is 11.8 Å². The molecule has 0 spiro atoms. The van der Waals surface area contributed by atoms with Gasteiger partial charge in [-0.1, -0.05) is 18.9 Å². The second-order valence-electron chi connectivity index (χ2n) is 7.31. The Morgan fingerprint density at radius 1 is 1.26 bits per heavy atom. The molecule has 1 amide bonds. The summed E-state index contributed by atoms with van der Waals surface area (Å²) in [5.74, 6) is -0.148. The number of hydrogen-bond acceptors (Lipinski definition) is 4. The molecule has 1 aliphatic heterocycles. The van der Waals surface area contributed by atoms with Gasteiger partial charge in [-0.15, -0.1) is 0 Å². The van der Waals surface area contributed by atoms with Crippen molar-refractivity contribution in [1.29, 1.82) is 0 Å². The van der Waals surface area contributed by atoms with Crippen molar-refractivity contribution in [3.63, 3.8) is 0 Å². The van der Waals surface area contributed by atoms with Gasteiger partial charge in [0.05, 0.1) is 17.2 Å². The SMILES string of the molecule is CCSNC(=O)c1cc(C)c(OCC2CCCN2c2ccc(C(F)(F)F)cc2)cc1F. The maximum Gasteiger partial charge on any atom is 0.416 e. The van der Waals surface area contributed by atoms with Gasteiger partial charge in [0.1, 0.15) is 18.2 Å². The van der Waals surface area contributed by atoms with E-state index in [1.165, 1.54) is 36.2 Å². The van der Waals surface area contributed by atoms with E-state index in [2.05, 4.69) is 4.72 Å². The molecule has 31 heavy (non-hydrogen) atoms. The number of hydrogen-bond donors (Lipinski definition) is 1. The quantitative estimate of drug-likeness (QED) is 0.435. The van der Waals surface area contributed by atoms with Crippen molar-refractivity contribution >= 4 is 23.5 Å². The monoisotopic (exact) mass is 456 g/mol. The maximum atomic E-state index is 14.4. The van der Waals surface area contributed by atoms with E-state index in [0.717, 1.165) is 25.0 Å². The maximum absolute atomic E-state index is 14.4. The lowest BCUT2D eigenvalue weighted by Crippen LogP contribution is -2.34. The first kappa shape index (κ1) is 23.2. The van der Waals surface area contributed by atoms with Crippen LogP contribution >= 0.6 is 11.9 Å². The summed E-state index contributed by atoms with van der Waals surface area (Å²) in [6.07, 6.45) is -2.67. The highest BCUT2D eigenvalue weighted by atomic mass is 32.2. The Morgan fingerprint density at radius 2 is 1.97 bits per heavy atom. The van der Waals surface area contributed by atoms with E-state index in [9.17, 15) is 22.4 Å². The number of benzene rings is 2. The zero-order valence-electron chi connectivity index (χ0n) is 17.3. The van der Waals surface area contributed by atoms with Crippen LogP contribution in [0, 0.1) is 12.7 Å². The molecule has 0 aromatic heterocycles. The molecule has 0 aliphatic carbocycles. The number of halogens is 4. The molecule has 1 fully saturated rings. The molecule has 1 aliphatic rings. The minimum atomic E-state index is -4.37. The van der Waals surface area contributed by atoms with Crippen LogP contribution in [0.15, 0.2) is 36.4 Å². The standard InChI is InChI=1S/C22H24F4N2O2S/c1-3-31-27-21(29)18-11-14(2)20(12-19(18)23)30-13-17-5-4-10-28(17)16-8-6-15(7-9-16)22(24,25)26/h6-9,11-12,17H,3-5,10,13H2,1-2H3,(H,27,29). The molecule has 1 N–H and O–H groups in total. The van der Waals surface area contributed by atoms with Crippen molar-refractivity contribution in [1.82, 2.24) is 4.72 Å². The lowest BCUT2D eigenvalue weighted by Gasteiger charge is -2.27. The average molecular weight is 457 g/mol. The third-order valence-electron chi connectivity index (χ3n) is 5.15. The number of alkyl halides is 3. The number of amides is 1. The highest BCUT2D eigenvalue weighted by molar-refractivity contribution is 7.97. The second-order valence-corrected chi connectivity index (χ2v) is 8.38. The Labute approximate surface area is 183 Å². The minimum Gasteiger partial charge on any atom is -0.491 e. The highest BCUT2D eigenvalue weighted by Gasteiger charge is 2.31. The molecular formula is C22H24F4N2O2S. The van der Waals surface area contributed by atoms with Crippen molar-refractivity contribution < 1.29 is 27.1 Å². The molecule has 0 saturated carbocycles. The van der Waals surface area contributed by atoms with Crippen LogP contribution < -0.4 is 14.4 Å². The largest absolute Gasteiger partial charge is 0.491 e. The van der Waals surface area contributed by atoms with Gasteiger partial charge in [0.2, 0.25) is 0 Å². The van der Waals surface area contributed by atoms with Gasteiger partial charge in [0.25, 0.3) is 5.91 Å². The van der Waals surface area contributed by atoms with Gasteiger partial charge in [-0.3, -0.25) is 9.52 Å². The third kappa shape index (κ3) is 5.64. The van der Waals surface area contributed by atoms with Gasteiger partial charge in [0.15, 0.2) is 0 Å². The Hall–Kier alpha value is -2.42. The fraction of sp³-hybridized carbons (Fsp3) is 0.409. The van der Waals surface area contributed by atoms with Crippen molar-refractivity contribution in [2.75, 3.05) is 23.8 Å². The summed E-state index contributed by atoms with van der Waals surface area (Å²) in [7, 11) is 0. The Bertz CT molecular complexity index is 919. The van der Waals surface area contributed by atoms with Gasteiger partial charge >= 0.3 is 6.18 Å². The van der Waals surface area contributed by atoms with Gasteiger partial charge in [-0.25, -0.2) is 4.39 Å². The molecule has 9 heteroatoms. The first-order valence-electron chi connectivity index (χ1n) is 9.99. The third-order valence-corrected chi connectivity index (χ3v) is 5.77. The van der Waals surface area contributed by atoms with Crippen LogP contribution in [0.2, 0.25) is 0 Å². The predicted octanol–water partition coefficient (Wildman–Crippen LogP) is 5.60. The first-order valence-corrected chi connectivity index (χ1v) is 11.0. The van der Waals surface area contributed by atoms with Crippen LogP contribution in [0.5, 0.6) is 5.75 Å². The molecule has 0 bridgehead atoms. The van der Waals surface area contributed by atoms with Crippen LogP contribution in [0.1, 0.15) is 41.3 Å². The molecule has 2 aromatic rings. The summed E-state index contributed by atoms with van der Waals surface area (Å²) in [5.41, 5.74) is 0.600. The fourth-order valence-electron chi connectivity index (χ4n) is 3.56. The van der Waals surface area contributed by atoms with Crippen molar-refractivity contribution in [2.24, 2.45) is 0 Å². The molecule has 3 rings (SSSR count). The summed E-state index contributed by atoms with van der Waals surface area (Å²) in [6, 6.07) is 7.71. The van der Waals surface area contributed by atoms with E-state index >= 15 is 0 Å². The Morgan fingerprint density at radius 3 is 2.61 bits per heavy atom. The summed E-state index contributed by atoms with van der Waals surface area (Å²) < 4.78 is 61.3. The van der Waals surface area contributed by atoms with Crippen LogP contribution in [-0.4, -0.2) is 30.9 Å². The number of nitrogens with one attached hydrogen (secondary N) is 1. The topological polar surface area (TPSA) is 41.6 Å². The molecule has 4 nitrogen and oxygen atoms in total. The number of nitrogens with zero attached hydrogens (tertiary/aromatic N) is 1. The van der Waals surface area contributed by atoms with E-state index in [0.29, 0.717) is 29.3 Å². The van der Waals surface area contributed by atoms with Gasteiger partial charge < -0.3 is 9.64 Å². The van der Waals surface area contributed by atoms with Crippen LogP contribution in [0.4, 0.5) is 23.2 Å². The molecule has 1 saturated heterocycles. The lowest BCUT2D eigenvalue weighted by molar-refractivity contribution is -0.137. The van der Waals surface area contributed by atoms with Gasteiger partial charge in [-0.2, -0.15) is 13.2 Å². The number of aryl methyl sites for hydroxylation is 1. The van der Waals surface area contributed by atoms with Crippen LogP contribution in [0.3, 0.4) is 0 Å². The molecule has 1 unspecified atom stereocenters. The zero-order valence-corrected chi connectivity index (χ0v) is 18.1. The smallest absolute Gasteiger partial charge is 0.416 e. The highest BCUT2D eigenvalue weighted by Crippen LogP contribution is 2.33. The Balaban J connectivity index is 1.67. The lowest BCUT2D eigenvalue weighted by atomic mass is 10.1. The van der Waals surface area contributed by atoms with E-state index < -0.39 is 23.5 Å². The number of carbonyl (C=O) groups is 1. The van der Waals surface area contributed by atoms with Crippen molar-refractivity contribution in [2.45, 2.75) is 38.9 Å². The summed E-state index contributed by atoms with van der Waals surface area (Å²) >= 11 is 1.19. The van der Waals surface area contributed by atoms with E-state index in [4.69, 9.17) is 4.74 Å². The summed E-state index contributed by atoms with van der Waals surface area (Å²) in [4.78, 5) is 14.1. The number of carbonyl (C=O) groups excluding carboxylic acids is 1. The number of anilines is 1. The zero-order chi connectivity index (χ0) is 22.6. The first-order chi connectivity index (χ1) is 14.7. The van der Waals surface area contributed by atoms with Gasteiger partial charge in [0, 0.05) is 24.1 Å².